The van der Waals surface area contributed by atoms with Crippen LogP contribution in [0.4, 0.5) is 0 Å². The van der Waals surface area contributed by atoms with Crippen LogP contribution >= 0.6 is 0 Å². The van der Waals surface area contributed by atoms with E-state index < -0.39 is 0 Å². The lowest BCUT2D eigenvalue weighted by Gasteiger charge is -2.34. The summed E-state index contributed by atoms with van der Waals surface area (Å²) in [4.78, 5) is 14.2. The zero-order valence-electron chi connectivity index (χ0n) is 14.5. The van der Waals surface area contributed by atoms with Gasteiger partial charge in [-0.1, -0.05) is 44.2 Å². The minimum Gasteiger partial charge on any atom is -0.356 e. The van der Waals surface area contributed by atoms with E-state index in [4.69, 9.17) is 0 Å². The maximum absolute atomic E-state index is 11.7. The predicted octanol–water partition coefficient (Wildman–Crippen LogP) is 2.60. The van der Waals surface area contributed by atoms with Crippen LogP contribution in [0.3, 0.4) is 0 Å². The van der Waals surface area contributed by atoms with Crippen LogP contribution in [-0.4, -0.2) is 33.7 Å². The molecule has 1 N–H and O–H groups in total. The second kappa shape index (κ2) is 7.62. The number of fused-ring (bicyclic) bond motifs is 1. The zero-order valence-corrected chi connectivity index (χ0v) is 14.5. The molecule has 5 nitrogen and oxygen atoms in total. The smallest absolute Gasteiger partial charge is 0.222 e. The number of hydrogen-bond acceptors (Lipinski definition) is 3. The molecule has 1 amide bonds. The Balaban J connectivity index is 1.62. The second-order valence-corrected chi connectivity index (χ2v) is 6.81. The molecule has 0 spiro atoms. The molecule has 1 aromatic carbocycles. The largest absolute Gasteiger partial charge is 0.356 e. The highest BCUT2D eigenvalue weighted by Gasteiger charge is 2.25. The summed E-state index contributed by atoms with van der Waals surface area (Å²) < 4.78 is 2.13. The van der Waals surface area contributed by atoms with Crippen molar-refractivity contribution in [3.05, 3.63) is 53.9 Å². The van der Waals surface area contributed by atoms with Crippen LogP contribution in [0, 0.1) is 5.92 Å². The van der Waals surface area contributed by atoms with Gasteiger partial charge < -0.3 is 5.32 Å². The molecule has 128 valence electrons. The lowest BCUT2D eigenvalue weighted by Crippen LogP contribution is -2.39. The zero-order chi connectivity index (χ0) is 16.9. The van der Waals surface area contributed by atoms with Crippen LogP contribution in [0.15, 0.2) is 42.6 Å². The van der Waals surface area contributed by atoms with Crippen molar-refractivity contribution in [2.24, 2.45) is 5.92 Å². The van der Waals surface area contributed by atoms with Crippen molar-refractivity contribution < 1.29 is 4.79 Å². The normalized spacial score (nSPS) is 17.7. The number of carbonyl (C=O) groups excluding carboxylic acids is 1. The number of benzene rings is 1. The van der Waals surface area contributed by atoms with Gasteiger partial charge in [0.05, 0.1) is 11.7 Å². The Kier molecular flexibility index (Phi) is 5.30. The topological polar surface area (TPSA) is 50.2 Å². The molecule has 2 heterocycles. The molecule has 1 aliphatic heterocycles. The Bertz CT molecular complexity index is 665. The van der Waals surface area contributed by atoms with Crippen LogP contribution in [-0.2, 0) is 17.9 Å². The SMILES string of the molecule is CC(C)C(=O)NCC[C@H]1CN(Cc2ccccc2)Cc2ccnn21. The Hall–Kier alpha value is -2.14. The minimum absolute atomic E-state index is 0.0335. The van der Waals surface area contributed by atoms with Crippen molar-refractivity contribution >= 4 is 5.91 Å². The van der Waals surface area contributed by atoms with Crippen molar-refractivity contribution in [2.75, 3.05) is 13.1 Å². The summed E-state index contributed by atoms with van der Waals surface area (Å²) in [5.41, 5.74) is 2.58. The molecule has 1 aliphatic rings. The van der Waals surface area contributed by atoms with Gasteiger partial charge in [0.2, 0.25) is 5.91 Å². The number of carbonyl (C=O) groups is 1. The monoisotopic (exact) mass is 326 g/mol. The summed E-state index contributed by atoms with van der Waals surface area (Å²) in [6, 6.07) is 13.0. The third-order valence-electron chi connectivity index (χ3n) is 4.50. The highest BCUT2D eigenvalue weighted by Crippen LogP contribution is 2.24. The second-order valence-electron chi connectivity index (χ2n) is 6.81. The molecule has 0 unspecified atom stereocenters. The number of hydrogen-bond donors (Lipinski definition) is 1. The van der Waals surface area contributed by atoms with Crippen LogP contribution < -0.4 is 5.32 Å². The number of nitrogens with zero attached hydrogens (tertiary/aromatic N) is 3. The van der Waals surface area contributed by atoms with Gasteiger partial charge in [-0.05, 0) is 18.1 Å². The number of amides is 1. The van der Waals surface area contributed by atoms with Crippen LogP contribution in [0.1, 0.15) is 37.6 Å². The molecule has 24 heavy (non-hydrogen) atoms. The average Bonchev–Trinajstić information content (AvgIpc) is 3.04. The number of aromatic nitrogens is 2. The standard InChI is InChI=1S/C19H26N4O/c1-15(2)19(24)20-10-8-17-13-22(12-16-6-4-3-5-7-16)14-18-9-11-21-23(17)18/h3-7,9,11,15,17H,8,10,12-14H2,1-2H3,(H,20,24)/t17-/m0/s1. The quantitative estimate of drug-likeness (QED) is 0.888. The highest BCUT2D eigenvalue weighted by atomic mass is 16.1. The molecular weight excluding hydrogens is 300 g/mol. The van der Waals surface area contributed by atoms with E-state index in [-0.39, 0.29) is 11.8 Å². The average molecular weight is 326 g/mol. The molecule has 0 fully saturated rings. The van der Waals surface area contributed by atoms with E-state index >= 15 is 0 Å². The molecule has 0 saturated carbocycles. The first kappa shape index (κ1) is 16.7. The van der Waals surface area contributed by atoms with Gasteiger partial charge in [0.1, 0.15) is 0 Å². The number of rotatable bonds is 6. The lowest BCUT2D eigenvalue weighted by atomic mass is 10.1. The van der Waals surface area contributed by atoms with Crippen molar-refractivity contribution in [1.29, 1.82) is 0 Å². The van der Waals surface area contributed by atoms with Gasteiger partial charge >= 0.3 is 0 Å². The maximum Gasteiger partial charge on any atom is 0.222 e. The summed E-state index contributed by atoms with van der Waals surface area (Å²) in [7, 11) is 0. The van der Waals surface area contributed by atoms with Gasteiger partial charge in [-0.2, -0.15) is 5.10 Å². The van der Waals surface area contributed by atoms with Crippen LogP contribution in [0.2, 0.25) is 0 Å². The van der Waals surface area contributed by atoms with E-state index in [9.17, 15) is 4.79 Å². The lowest BCUT2D eigenvalue weighted by molar-refractivity contribution is -0.124. The number of nitrogens with one attached hydrogen (secondary N) is 1. The Labute approximate surface area is 143 Å². The third-order valence-corrected chi connectivity index (χ3v) is 4.50. The Morgan fingerprint density at radius 3 is 2.83 bits per heavy atom. The van der Waals surface area contributed by atoms with E-state index in [0.29, 0.717) is 12.6 Å². The maximum atomic E-state index is 11.7. The summed E-state index contributed by atoms with van der Waals surface area (Å²) >= 11 is 0. The minimum atomic E-state index is 0.0335. The molecule has 0 radical (unpaired) electrons. The van der Waals surface area contributed by atoms with Gasteiger partial charge in [0, 0.05) is 38.3 Å². The molecule has 0 bridgehead atoms. The van der Waals surface area contributed by atoms with E-state index in [2.05, 4.69) is 56.4 Å². The van der Waals surface area contributed by atoms with Crippen molar-refractivity contribution in [2.45, 2.75) is 39.4 Å². The van der Waals surface area contributed by atoms with Gasteiger partial charge in [-0.3, -0.25) is 14.4 Å². The molecule has 3 rings (SSSR count). The summed E-state index contributed by atoms with van der Waals surface area (Å²) in [5, 5.41) is 7.51. The molecular formula is C19H26N4O. The molecule has 0 saturated heterocycles. The first-order valence-corrected chi connectivity index (χ1v) is 8.70. The highest BCUT2D eigenvalue weighted by molar-refractivity contribution is 5.77. The fourth-order valence-electron chi connectivity index (χ4n) is 3.21. The first-order valence-electron chi connectivity index (χ1n) is 8.70. The summed E-state index contributed by atoms with van der Waals surface area (Å²) in [6.45, 7) is 7.36. The van der Waals surface area contributed by atoms with Crippen molar-refractivity contribution in [3.63, 3.8) is 0 Å². The molecule has 2 aromatic rings. The molecule has 1 atom stereocenters. The van der Waals surface area contributed by atoms with Crippen molar-refractivity contribution in [3.8, 4) is 0 Å². The molecule has 5 heteroatoms. The van der Waals surface area contributed by atoms with E-state index in [1.54, 1.807) is 0 Å². The van der Waals surface area contributed by atoms with Gasteiger partial charge in [-0.15, -0.1) is 0 Å². The van der Waals surface area contributed by atoms with Crippen LogP contribution in [0.25, 0.3) is 0 Å². The van der Waals surface area contributed by atoms with E-state index in [1.807, 2.05) is 20.0 Å². The summed E-state index contributed by atoms with van der Waals surface area (Å²) in [6.07, 6.45) is 2.78. The fraction of sp³-hybridized carbons (Fsp3) is 0.474. The molecule has 0 aliphatic carbocycles. The first-order chi connectivity index (χ1) is 11.6. The predicted molar refractivity (Wildman–Crippen MR) is 94.3 cm³/mol. The van der Waals surface area contributed by atoms with Crippen LogP contribution in [0.5, 0.6) is 0 Å². The van der Waals surface area contributed by atoms with Crippen molar-refractivity contribution in [1.82, 2.24) is 20.0 Å². The van der Waals surface area contributed by atoms with Gasteiger partial charge in [0.15, 0.2) is 0 Å². The summed E-state index contributed by atoms with van der Waals surface area (Å²) in [5.74, 6) is 0.152. The Morgan fingerprint density at radius 2 is 2.08 bits per heavy atom. The Morgan fingerprint density at radius 1 is 1.29 bits per heavy atom. The van der Waals surface area contributed by atoms with Gasteiger partial charge in [-0.25, -0.2) is 0 Å². The van der Waals surface area contributed by atoms with Gasteiger partial charge in [0.25, 0.3) is 0 Å². The molecule has 1 aromatic heterocycles. The third kappa shape index (κ3) is 4.03. The van der Waals surface area contributed by atoms with E-state index in [0.717, 1.165) is 26.1 Å². The fourth-order valence-corrected chi connectivity index (χ4v) is 3.21. The van der Waals surface area contributed by atoms with E-state index in [1.165, 1.54) is 11.3 Å².